The molecule has 2 rings (SSSR count). The van der Waals surface area contributed by atoms with Crippen LogP contribution in [0.15, 0.2) is 18.2 Å². The van der Waals surface area contributed by atoms with Crippen molar-refractivity contribution in [2.45, 2.75) is 12.8 Å². The summed E-state index contributed by atoms with van der Waals surface area (Å²) in [6.45, 7) is 2.45. The fourth-order valence-electron chi connectivity index (χ4n) is 1.62. The summed E-state index contributed by atoms with van der Waals surface area (Å²) in [5.41, 5.74) is 6.23. The molecule has 4 nitrogen and oxygen atoms in total. The Hall–Kier alpha value is -1.20. The largest absolute Gasteiger partial charge is 0.388 e. The molecule has 1 aromatic heterocycles. The van der Waals surface area contributed by atoms with Gasteiger partial charge in [-0.25, -0.2) is 4.98 Å². The van der Waals surface area contributed by atoms with Crippen LogP contribution < -0.4 is 10.6 Å². The second-order valence-corrected chi connectivity index (χ2v) is 5.12. The molecule has 0 amide bonds. The molecule has 0 saturated heterocycles. The van der Waals surface area contributed by atoms with E-state index in [1.807, 2.05) is 25.2 Å². The summed E-state index contributed by atoms with van der Waals surface area (Å²) in [5, 5.41) is 0. The topological polar surface area (TPSA) is 51.4 Å². The Kier molecular flexibility index (Phi) is 4.49. The number of aromatic nitrogens is 1. The predicted octanol–water partition coefficient (Wildman–Crippen LogP) is 1.58. The summed E-state index contributed by atoms with van der Waals surface area (Å²) in [6, 6.07) is 5.68. The van der Waals surface area contributed by atoms with E-state index in [-0.39, 0.29) is 0 Å². The lowest BCUT2D eigenvalue weighted by Gasteiger charge is -2.18. The van der Waals surface area contributed by atoms with Crippen molar-refractivity contribution in [1.29, 1.82) is 0 Å². The number of likely N-dealkylation sites (N-methyl/N-ethyl adjacent to an activating group) is 1. The fourth-order valence-corrected chi connectivity index (χ4v) is 1.74. The van der Waals surface area contributed by atoms with Crippen LogP contribution in [0.3, 0.4) is 0 Å². The predicted molar refractivity (Wildman–Crippen MR) is 76.9 cm³/mol. The third kappa shape index (κ3) is 3.92. The average molecular weight is 265 g/mol. The van der Waals surface area contributed by atoms with Crippen LogP contribution in [0, 0.1) is 5.92 Å². The molecule has 1 aromatic rings. The van der Waals surface area contributed by atoms with Gasteiger partial charge in [0.2, 0.25) is 0 Å². The van der Waals surface area contributed by atoms with Crippen LogP contribution in [-0.4, -0.2) is 36.8 Å². The van der Waals surface area contributed by atoms with Gasteiger partial charge in [0.05, 0.1) is 12.3 Å². The van der Waals surface area contributed by atoms with Gasteiger partial charge in [0.15, 0.2) is 0 Å². The molecule has 1 aliphatic rings. The third-order valence-corrected chi connectivity index (χ3v) is 3.21. The highest BCUT2D eigenvalue weighted by Crippen LogP contribution is 2.28. The molecule has 0 aliphatic heterocycles. The molecule has 2 N–H and O–H groups in total. The van der Waals surface area contributed by atoms with E-state index < -0.39 is 0 Å². The Morgan fingerprint density at radius 3 is 3.00 bits per heavy atom. The summed E-state index contributed by atoms with van der Waals surface area (Å²) >= 11 is 4.92. The zero-order valence-electron chi connectivity index (χ0n) is 10.6. The number of rotatable bonds is 7. The highest BCUT2D eigenvalue weighted by atomic mass is 32.1. The molecular weight excluding hydrogens is 246 g/mol. The highest BCUT2D eigenvalue weighted by Gasteiger charge is 2.20. The summed E-state index contributed by atoms with van der Waals surface area (Å²) < 4.78 is 5.61. The molecule has 0 radical (unpaired) electrons. The van der Waals surface area contributed by atoms with Crippen molar-refractivity contribution in [1.82, 2.24) is 4.98 Å². The Balaban J connectivity index is 1.81. The van der Waals surface area contributed by atoms with Crippen LogP contribution in [0.2, 0.25) is 0 Å². The highest BCUT2D eigenvalue weighted by molar-refractivity contribution is 7.80. The second-order valence-electron chi connectivity index (χ2n) is 4.69. The minimum atomic E-state index is 0.329. The zero-order valence-corrected chi connectivity index (χ0v) is 11.4. The molecule has 1 heterocycles. The minimum Gasteiger partial charge on any atom is -0.388 e. The number of nitrogens with two attached hydrogens (primary N) is 1. The molecule has 0 spiro atoms. The van der Waals surface area contributed by atoms with Crippen molar-refractivity contribution < 1.29 is 4.74 Å². The lowest BCUT2D eigenvalue weighted by molar-refractivity contribution is 0.131. The molecule has 0 aromatic carbocycles. The van der Waals surface area contributed by atoms with E-state index in [1.165, 1.54) is 12.8 Å². The Morgan fingerprint density at radius 2 is 2.33 bits per heavy atom. The molecular formula is C13H19N3OS. The van der Waals surface area contributed by atoms with Gasteiger partial charge in [-0.15, -0.1) is 0 Å². The van der Waals surface area contributed by atoms with Gasteiger partial charge in [-0.3, -0.25) is 0 Å². The van der Waals surface area contributed by atoms with Crippen molar-refractivity contribution >= 4 is 23.0 Å². The van der Waals surface area contributed by atoms with Gasteiger partial charge in [0, 0.05) is 20.2 Å². The van der Waals surface area contributed by atoms with Gasteiger partial charge >= 0.3 is 0 Å². The quantitative estimate of drug-likeness (QED) is 0.599. The molecule has 1 fully saturated rings. The van der Waals surface area contributed by atoms with Gasteiger partial charge in [-0.05, 0) is 30.9 Å². The summed E-state index contributed by atoms with van der Waals surface area (Å²) in [5.74, 6) is 1.68. The minimum absolute atomic E-state index is 0.329. The third-order valence-electron chi connectivity index (χ3n) is 3.00. The number of hydrogen-bond donors (Lipinski definition) is 1. The molecule has 5 heteroatoms. The van der Waals surface area contributed by atoms with Crippen molar-refractivity contribution in [3.05, 3.63) is 23.9 Å². The van der Waals surface area contributed by atoms with Crippen molar-refractivity contribution in [3.8, 4) is 0 Å². The molecule has 18 heavy (non-hydrogen) atoms. The van der Waals surface area contributed by atoms with E-state index in [9.17, 15) is 0 Å². The van der Waals surface area contributed by atoms with Crippen molar-refractivity contribution in [2.75, 3.05) is 31.7 Å². The van der Waals surface area contributed by atoms with Crippen LogP contribution in [0.1, 0.15) is 18.5 Å². The van der Waals surface area contributed by atoms with E-state index in [4.69, 9.17) is 22.7 Å². The lowest BCUT2D eigenvalue weighted by Crippen LogP contribution is -2.24. The fraction of sp³-hybridized carbons (Fsp3) is 0.538. The monoisotopic (exact) mass is 265 g/mol. The van der Waals surface area contributed by atoms with Crippen LogP contribution in [0.25, 0.3) is 0 Å². The first-order valence-electron chi connectivity index (χ1n) is 6.22. The van der Waals surface area contributed by atoms with Gasteiger partial charge in [0.1, 0.15) is 10.8 Å². The van der Waals surface area contributed by atoms with Gasteiger partial charge in [-0.1, -0.05) is 18.3 Å². The number of pyridine rings is 1. The Labute approximate surface area is 113 Å². The van der Waals surface area contributed by atoms with Crippen LogP contribution in [-0.2, 0) is 4.74 Å². The Bertz CT molecular complexity index is 420. The first-order chi connectivity index (χ1) is 8.66. The molecule has 0 bridgehead atoms. The second kappa shape index (κ2) is 6.11. The first kappa shape index (κ1) is 13.2. The van der Waals surface area contributed by atoms with Crippen LogP contribution >= 0.6 is 12.2 Å². The number of ether oxygens (including phenoxy) is 1. The summed E-state index contributed by atoms with van der Waals surface area (Å²) in [6.07, 6.45) is 2.65. The van der Waals surface area contributed by atoms with Gasteiger partial charge in [-0.2, -0.15) is 0 Å². The van der Waals surface area contributed by atoms with Crippen molar-refractivity contribution in [3.63, 3.8) is 0 Å². The van der Waals surface area contributed by atoms with Crippen molar-refractivity contribution in [2.24, 2.45) is 11.7 Å². The smallest absolute Gasteiger partial charge is 0.129 e. The number of hydrogen-bond acceptors (Lipinski definition) is 4. The molecule has 0 atom stereocenters. The standard InChI is InChI=1S/C13H19N3OS/c1-16(7-8-17-9-10-5-6-10)12-4-2-3-11(15-12)13(14)18/h2-4,10H,5-9H2,1H3,(H2,14,18). The van der Waals surface area contributed by atoms with Crippen LogP contribution in [0.5, 0.6) is 0 Å². The first-order valence-corrected chi connectivity index (χ1v) is 6.63. The van der Waals surface area contributed by atoms with E-state index in [2.05, 4.69) is 9.88 Å². The molecule has 0 unspecified atom stereocenters. The molecule has 98 valence electrons. The lowest BCUT2D eigenvalue weighted by atomic mass is 10.3. The normalized spacial score (nSPS) is 14.5. The van der Waals surface area contributed by atoms with Crippen LogP contribution in [0.4, 0.5) is 5.82 Å². The molecule has 1 aliphatic carbocycles. The van der Waals surface area contributed by atoms with E-state index in [0.717, 1.165) is 31.5 Å². The van der Waals surface area contributed by atoms with E-state index in [1.54, 1.807) is 0 Å². The van der Waals surface area contributed by atoms with Gasteiger partial charge in [0.25, 0.3) is 0 Å². The number of anilines is 1. The zero-order chi connectivity index (χ0) is 13.0. The maximum absolute atomic E-state index is 5.61. The van der Waals surface area contributed by atoms with E-state index in [0.29, 0.717) is 10.7 Å². The maximum Gasteiger partial charge on any atom is 0.129 e. The molecule has 1 saturated carbocycles. The number of thiocarbonyl (C=S) groups is 1. The average Bonchev–Trinajstić information content (AvgIpc) is 3.18. The Morgan fingerprint density at radius 1 is 1.56 bits per heavy atom. The maximum atomic E-state index is 5.61. The summed E-state index contributed by atoms with van der Waals surface area (Å²) in [7, 11) is 1.99. The van der Waals surface area contributed by atoms with E-state index >= 15 is 0 Å². The summed E-state index contributed by atoms with van der Waals surface area (Å²) in [4.78, 5) is 6.78. The SMILES string of the molecule is CN(CCOCC1CC1)c1cccc(C(N)=S)n1. The van der Waals surface area contributed by atoms with Gasteiger partial charge < -0.3 is 15.4 Å². The number of nitrogens with zero attached hydrogens (tertiary/aromatic N) is 2.